The summed E-state index contributed by atoms with van der Waals surface area (Å²) in [4.78, 5) is 13.8. The lowest BCUT2D eigenvalue weighted by atomic mass is 9.54. The van der Waals surface area contributed by atoms with Gasteiger partial charge in [-0.05, 0) is 57.1 Å². The van der Waals surface area contributed by atoms with Gasteiger partial charge in [-0.25, -0.2) is 0 Å². The minimum absolute atomic E-state index is 0.203. The van der Waals surface area contributed by atoms with E-state index in [2.05, 4.69) is 12.2 Å². The minimum atomic E-state index is -1.25. The Labute approximate surface area is 196 Å². The van der Waals surface area contributed by atoms with Gasteiger partial charge in [-0.2, -0.15) is 0 Å². The van der Waals surface area contributed by atoms with Crippen LogP contribution in [-0.2, 0) is 11.2 Å². The average molecular weight is 452 g/mol. The van der Waals surface area contributed by atoms with Crippen molar-refractivity contribution in [2.24, 2.45) is 23.2 Å². The van der Waals surface area contributed by atoms with Gasteiger partial charge in [0.15, 0.2) is 0 Å². The van der Waals surface area contributed by atoms with Crippen LogP contribution in [0.3, 0.4) is 0 Å². The molecule has 1 aromatic rings. The summed E-state index contributed by atoms with van der Waals surface area (Å²) < 4.78 is 0. The molecule has 1 aromatic carbocycles. The van der Waals surface area contributed by atoms with Crippen LogP contribution in [-0.4, -0.2) is 45.1 Å². The number of carbonyl (C=O) groups is 1. The third-order valence-corrected chi connectivity index (χ3v) is 8.12. The van der Waals surface area contributed by atoms with Gasteiger partial charge in [0.05, 0.1) is 23.2 Å². The second-order valence-corrected chi connectivity index (χ2v) is 10.7. The van der Waals surface area contributed by atoms with E-state index in [9.17, 15) is 20.1 Å². The van der Waals surface area contributed by atoms with E-state index in [1.54, 1.807) is 19.1 Å². The molecule has 178 valence electrons. The van der Waals surface area contributed by atoms with Crippen molar-refractivity contribution >= 4 is 5.91 Å². The van der Waals surface area contributed by atoms with Crippen LogP contribution in [0, 0.1) is 23.2 Å². The molecule has 1 amide bonds. The van der Waals surface area contributed by atoms with Crippen molar-refractivity contribution in [3.8, 4) is 0 Å². The van der Waals surface area contributed by atoms with E-state index in [-0.39, 0.29) is 23.8 Å². The number of aliphatic hydroxyl groups is 3. The Hall–Kier alpha value is -2.21. The van der Waals surface area contributed by atoms with Gasteiger partial charge in [0.25, 0.3) is 0 Å². The molecule has 33 heavy (non-hydrogen) atoms. The molecule has 1 saturated heterocycles. The third kappa shape index (κ3) is 4.11. The number of amides is 1. The van der Waals surface area contributed by atoms with Gasteiger partial charge in [0, 0.05) is 17.9 Å². The van der Waals surface area contributed by atoms with E-state index < -0.39 is 29.1 Å². The SMILES string of the molecule is CC1=C(C)[C@H]2[C@H](Cc3ccccc3)NC(=O)[C@]23[C@H](O)/C=C/[C@](C)(O)C[C@@H](C)C/C=C/[C@H]3[C@@H]1O. The number of hydrogen-bond acceptors (Lipinski definition) is 4. The molecule has 0 bridgehead atoms. The molecule has 5 nitrogen and oxygen atoms in total. The standard InChI is InChI=1S/C28H37NO4/c1-17-9-8-12-21-25(31)19(3)18(2)24-22(15-20-10-6-5-7-11-20)29-26(32)28(21,24)23(30)13-14-27(4,33)16-17/h5-8,10-14,17,21-25,30-31,33H,9,15-16H2,1-4H3,(H,29,32)/b12-8+,14-13+/t17-,21-,22-,23+,24-,25+,27-,28+/m0/s1. The normalized spacial score (nSPS) is 43.2. The van der Waals surface area contributed by atoms with Crippen molar-refractivity contribution < 1.29 is 20.1 Å². The number of carbonyl (C=O) groups excluding carboxylic acids is 1. The molecule has 0 aromatic heterocycles. The van der Waals surface area contributed by atoms with Gasteiger partial charge in [-0.15, -0.1) is 0 Å². The highest BCUT2D eigenvalue weighted by molar-refractivity contribution is 5.89. The highest BCUT2D eigenvalue weighted by Gasteiger charge is 2.65. The van der Waals surface area contributed by atoms with Crippen molar-refractivity contribution in [2.75, 3.05) is 0 Å². The number of benzene rings is 1. The zero-order valence-corrected chi connectivity index (χ0v) is 20.0. The van der Waals surface area contributed by atoms with Gasteiger partial charge in [-0.1, -0.05) is 67.1 Å². The van der Waals surface area contributed by atoms with E-state index in [0.717, 1.165) is 23.1 Å². The molecule has 0 unspecified atom stereocenters. The first-order chi connectivity index (χ1) is 15.6. The molecule has 3 aliphatic rings. The van der Waals surface area contributed by atoms with Gasteiger partial charge in [-0.3, -0.25) is 4.79 Å². The van der Waals surface area contributed by atoms with Crippen LogP contribution < -0.4 is 5.32 Å². The Kier molecular flexibility index (Phi) is 6.43. The van der Waals surface area contributed by atoms with E-state index >= 15 is 0 Å². The predicted octanol–water partition coefficient (Wildman–Crippen LogP) is 3.31. The molecule has 1 heterocycles. The molecule has 1 fully saturated rings. The second kappa shape index (κ2) is 8.86. The Bertz CT molecular complexity index is 979. The maximum Gasteiger partial charge on any atom is 0.230 e. The lowest BCUT2D eigenvalue weighted by molar-refractivity contribution is -0.141. The molecular weight excluding hydrogens is 414 g/mol. The number of allylic oxidation sites excluding steroid dienone is 1. The summed E-state index contributed by atoms with van der Waals surface area (Å²) in [5.41, 5.74) is 0.591. The van der Waals surface area contributed by atoms with E-state index in [1.165, 1.54) is 0 Å². The lowest BCUT2D eigenvalue weighted by Gasteiger charge is -2.49. The summed E-state index contributed by atoms with van der Waals surface area (Å²) in [7, 11) is 0. The van der Waals surface area contributed by atoms with Crippen LogP contribution in [0.5, 0.6) is 0 Å². The first-order valence-electron chi connectivity index (χ1n) is 12.0. The highest BCUT2D eigenvalue weighted by Crippen LogP contribution is 2.56. The quantitative estimate of drug-likeness (QED) is 0.520. The van der Waals surface area contributed by atoms with Gasteiger partial charge in [0.2, 0.25) is 5.91 Å². The molecule has 1 aliphatic heterocycles. The van der Waals surface area contributed by atoms with Crippen molar-refractivity contribution in [1.29, 1.82) is 0 Å². The van der Waals surface area contributed by atoms with Crippen LogP contribution in [0.15, 0.2) is 65.8 Å². The molecule has 1 spiro atoms. The molecule has 4 N–H and O–H groups in total. The molecular formula is C28H37NO4. The summed E-state index contributed by atoms with van der Waals surface area (Å²) in [5, 5.41) is 37.0. The molecule has 0 radical (unpaired) electrons. The van der Waals surface area contributed by atoms with Crippen LogP contribution in [0.2, 0.25) is 0 Å². The monoisotopic (exact) mass is 451 g/mol. The van der Waals surface area contributed by atoms with Crippen LogP contribution in [0.4, 0.5) is 0 Å². The van der Waals surface area contributed by atoms with Crippen molar-refractivity contribution in [1.82, 2.24) is 5.32 Å². The maximum atomic E-state index is 13.8. The highest BCUT2D eigenvalue weighted by atomic mass is 16.3. The third-order valence-electron chi connectivity index (χ3n) is 8.12. The topological polar surface area (TPSA) is 89.8 Å². The predicted molar refractivity (Wildman–Crippen MR) is 129 cm³/mol. The summed E-state index contributed by atoms with van der Waals surface area (Å²) in [5.74, 6) is -0.879. The van der Waals surface area contributed by atoms with E-state index in [1.807, 2.05) is 56.3 Å². The van der Waals surface area contributed by atoms with Gasteiger partial charge < -0.3 is 20.6 Å². The summed E-state index contributed by atoms with van der Waals surface area (Å²) in [6, 6.07) is 9.83. The fraction of sp³-hybridized carbons (Fsp3) is 0.536. The summed E-state index contributed by atoms with van der Waals surface area (Å²) in [6.07, 6.45) is 7.05. The lowest BCUT2D eigenvalue weighted by Crippen LogP contribution is -2.57. The largest absolute Gasteiger partial charge is 0.388 e. The van der Waals surface area contributed by atoms with E-state index in [4.69, 9.17) is 0 Å². The van der Waals surface area contributed by atoms with Crippen LogP contribution >= 0.6 is 0 Å². The van der Waals surface area contributed by atoms with Crippen molar-refractivity contribution in [3.05, 3.63) is 71.3 Å². The van der Waals surface area contributed by atoms with Crippen LogP contribution in [0.1, 0.15) is 46.1 Å². The number of hydrogen-bond donors (Lipinski definition) is 4. The first-order valence-corrected chi connectivity index (χ1v) is 12.0. The zero-order valence-electron chi connectivity index (χ0n) is 20.0. The summed E-state index contributed by atoms with van der Waals surface area (Å²) >= 11 is 0. The van der Waals surface area contributed by atoms with Gasteiger partial charge >= 0.3 is 0 Å². The van der Waals surface area contributed by atoms with Gasteiger partial charge in [0.1, 0.15) is 0 Å². The zero-order chi connectivity index (χ0) is 24.0. The molecule has 8 atom stereocenters. The van der Waals surface area contributed by atoms with E-state index in [0.29, 0.717) is 12.8 Å². The molecule has 5 heteroatoms. The summed E-state index contributed by atoms with van der Waals surface area (Å²) in [6.45, 7) is 7.72. The maximum absolute atomic E-state index is 13.8. The minimum Gasteiger partial charge on any atom is -0.388 e. The molecule has 4 rings (SSSR count). The average Bonchev–Trinajstić information content (AvgIpc) is 3.04. The van der Waals surface area contributed by atoms with Crippen LogP contribution in [0.25, 0.3) is 0 Å². The molecule has 2 aliphatic carbocycles. The number of aliphatic hydroxyl groups excluding tert-OH is 2. The smallest absolute Gasteiger partial charge is 0.230 e. The second-order valence-electron chi connectivity index (χ2n) is 10.7. The Morgan fingerprint density at radius 2 is 1.79 bits per heavy atom. The van der Waals surface area contributed by atoms with Crippen molar-refractivity contribution in [2.45, 2.75) is 70.8 Å². The number of nitrogens with one attached hydrogen (secondary N) is 1. The van der Waals surface area contributed by atoms with Crippen molar-refractivity contribution in [3.63, 3.8) is 0 Å². The molecule has 0 saturated carbocycles. The Balaban J connectivity index is 1.87. The fourth-order valence-corrected chi connectivity index (χ4v) is 6.47. The Morgan fingerprint density at radius 3 is 2.48 bits per heavy atom. The number of rotatable bonds is 2. The first kappa shape index (κ1) is 23.9. The fourth-order valence-electron chi connectivity index (χ4n) is 6.47. The Morgan fingerprint density at radius 1 is 1.09 bits per heavy atom.